The van der Waals surface area contributed by atoms with Crippen LogP contribution in [0.5, 0.6) is 0 Å². The molecule has 2 N–H and O–H groups in total. The molecule has 18 heavy (non-hydrogen) atoms. The lowest BCUT2D eigenvalue weighted by Crippen LogP contribution is -2.37. The van der Waals surface area contributed by atoms with Crippen LogP contribution in [0, 0.1) is 0 Å². The fraction of sp³-hybridized carbons (Fsp3) is 0.417. The summed E-state index contributed by atoms with van der Waals surface area (Å²) < 4.78 is 1.91. The van der Waals surface area contributed by atoms with Crippen molar-refractivity contribution in [3.8, 4) is 0 Å². The maximum Gasteiger partial charge on any atom is 0.320 e. The van der Waals surface area contributed by atoms with Crippen molar-refractivity contribution in [2.45, 2.75) is 25.8 Å². The van der Waals surface area contributed by atoms with E-state index in [-0.39, 0.29) is 0 Å². The van der Waals surface area contributed by atoms with E-state index in [0.717, 1.165) is 11.5 Å². The number of carboxylic acids is 1. The first-order chi connectivity index (χ1) is 8.72. The molecule has 6 nitrogen and oxygen atoms in total. The molecule has 0 aliphatic rings. The Hall–Kier alpha value is -1.95. The fourth-order valence-electron chi connectivity index (χ4n) is 1.83. The number of hydrogen-bond donors (Lipinski definition) is 2. The average molecular weight is 248 g/mol. The molecule has 1 unspecified atom stereocenters. The molecular formula is C12H16N4O2. The Morgan fingerprint density at radius 3 is 3.06 bits per heavy atom. The van der Waals surface area contributed by atoms with E-state index in [4.69, 9.17) is 5.11 Å². The van der Waals surface area contributed by atoms with Gasteiger partial charge in [0.2, 0.25) is 0 Å². The van der Waals surface area contributed by atoms with Crippen molar-refractivity contribution in [3.63, 3.8) is 0 Å². The molecule has 0 aliphatic carbocycles. The molecule has 96 valence electrons. The van der Waals surface area contributed by atoms with Gasteiger partial charge in [-0.1, -0.05) is 13.0 Å². The molecule has 6 heteroatoms. The van der Waals surface area contributed by atoms with Gasteiger partial charge in [0.25, 0.3) is 0 Å². The summed E-state index contributed by atoms with van der Waals surface area (Å²) in [5.74, 6) is 0.0157. The highest BCUT2D eigenvalue weighted by Crippen LogP contribution is 2.03. The Balaban J connectivity index is 1.96. The van der Waals surface area contributed by atoms with Gasteiger partial charge in [-0.15, -0.1) is 10.2 Å². The third-order valence-corrected chi connectivity index (χ3v) is 2.83. The third-order valence-electron chi connectivity index (χ3n) is 2.83. The molecule has 2 rings (SSSR count). The van der Waals surface area contributed by atoms with E-state index in [1.54, 1.807) is 0 Å². The van der Waals surface area contributed by atoms with Crippen molar-refractivity contribution in [3.05, 3.63) is 30.2 Å². The summed E-state index contributed by atoms with van der Waals surface area (Å²) in [5, 5.41) is 20.0. The Kier molecular flexibility index (Phi) is 3.88. The monoisotopic (exact) mass is 248 g/mol. The quantitative estimate of drug-likeness (QED) is 0.787. The van der Waals surface area contributed by atoms with E-state index in [2.05, 4.69) is 15.5 Å². The molecule has 0 radical (unpaired) electrons. The number of fused-ring (bicyclic) bond motifs is 1. The summed E-state index contributed by atoms with van der Waals surface area (Å²) in [4.78, 5) is 10.8. The molecule has 0 bridgehead atoms. The van der Waals surface area contributed by atoms with Gasteiger partial charge in [-0.2, -0.15) is 0 Å². The molecule has 2 heterocycles. The number of aliphatic carboxylic acids is 1. The van der Waals surface area contributed by atoms with E-state index < -0.39 is 12.0 Å². The average Bonchev–Trinajstić information content (AvgIpc) is 2.78. The molecule has 2 aromatic heterocycles. The predicted molar refractivity (Wildman–Crippen MR) is 66.4 cm³/mol. The van der Waals surface area contributed by atoms with E-state index in [1.807, 2.05) is 35.7 Å². The highest BCUT2D eigenvalue weighted by Gasteiger charge is 2.13. The standard InChI is InChI=1S/C12H16N4O2/c1-2-9(12(17)18)13-7-6-11-15-14-10-5-3-4-8-16(10)11/h3-5,8-9,13H,2,6-7H2,1H3,(H,17,18). The van der Waals surface area contributed by atoms with Gasteiger partial charge in [0.05, 0.1) is 0 Å². The van der Waals surface area contributed by atoms with Gasteiger partial charge >= 0.3 is 5.97 Å². The van der Waals surface area contributed by atoms with Crippen LogP contribution < -0.4 is 5.32 Å². The molecule has 0 aliphatic heterocycles. The lowest BCUT2D eigenvalue weighted by molar-refractivity contribution is -0.139. The zero-order valence-electron chi connectivity index (χ0n) is 10.2. The smallest absolute Gasteiger partial charge is 0.320 e. The predicted octanol–water partition coefficient (Wildman–Crippen LogP) is 0.725. The number of aromatic nitrogens is 3. The van der Waals surface area contributed by atoms with Crippen molar-refractivity contribution in [2.24, 2.45) is 0 Å². The minimum atomic E-state index is -0.816. The summed E-state index contributed by atoms with van der Waals surface area (Å²) in [5.41, 5.74) is 0.803. The van der Waals surface area contributed by atoms with Gasteiger partial charge in [-0.25, -0.2) is 0 Å². The normalized spacial score (nSPS) is 12.7. The van der Waals surface area contributed by atoms with Crippen LogP contribution in [0.2, 0.25) is 0 Å². The molecular weight excluding hydrogens is 232 g/mol. The summed E-state index contributed by atoms with van der Waals surface area (Å²) in [7, 11) is 0. The van der Waals surface area contributed by atoms with Gasteiger partial charge in [0, 0.05) is 19.2 Å². The number of nitrogens with zero attached hydrogens (tertiary/aromatic N) is 3. The molecule has 0 amide bonds. The number of carbonyl (C=O) groups is 1. The first-order valence-corrected chi connectivity index (χ1v) is 5.97. The number of pyridine rings is 1. The van der Waals surface area contributed by atoms with Crippen LogP contribution in [0.25, 0.3) is 5.65 Å². The first-order valence-electron chi connectivity index (χ1n) is 5.97. The van der Waals surface area contributed by atoms with Gasteiger partial charge in [-0.05, 0) is 18.6 Å². The second kappa shape index (κ2) is 5.59. The molecule has 0 saturated carbocycles. The van der Waals surface area contributed by atoms with E-state index >= 15 is 0 Å². The van der Waals surface area contributed by atoms with E-state index in [1.165, 1.54) is 0 Å². The maximum absolute atomic E-state index is 10.8. The zero-order chi connectivity index (χ0) is 13.0. The van der Waals surface area contributed by atoms with Crippen LogP contribution in [0.1, 0.15) is 19.2 Å². The van der Waals surface area contributed by atoms with Gasteiger partial charge in [0.1, 0.15) is 11.9 Å². The summed E-state index contributed by atoms with van der Waals surface area (Å²) in [6.45, 7) is 2.42. The van der Waals surface area contributed by atoms with Crippen LogP contribution in [-0.2, 0) is 11.2 Å². The van der Waals surface area contributed by atoms with Crippen LogP contribution in [0.3, 0.4) is 0 Å². The highest BCUT2D eigenvalue weighted by molar-refractivity contribution is 5.73. The SMILES string of the molecule is CCC(NCCc1nnc2ccccn12)C(=O)O. The minimum absolute atomic E-state index is 0.496. The lowest BCUT2D eigenvalue weighted by Gasteiger charge is -2.11. The van der Waals surface area contributed by atoms with Gasteiger partial charge < -0.3 is 10.4 Å². The van der Waals surface area contributed by atoms with Gasteiger partial charge in [0.15, 0.2) is 5.65 Å². The topological polar surface area (TPSA) is 79.5 Å². The van der Waals surface area contributed by atoms with E-state index in [0.29, 0.717) is 19.4 Å². The molecule has 1 atom stereocenters. The number of nitrogens with one attached hydrogen (secondary N) is 1. The number of rotatable bonds is 6. The second-order valence-corrected chi connectivity index (χ2v) is 4.05. The molecule has 2 aromatic rings. The van der Waals surface area contributed by atoms with Crippen molar-refractivity contribution >= 4 is 11.6 Å². The van der Waals surface area contributed by atoms with Crippen LogP contribution >= 0.6 is 0 Å². The Morgan fingerprint density at radius 1 is 1.50 bits per heavy atom. The highest BCUT2D eigenvalue weighted by atomic mass is 16.4. The molecule has 0 fully saturated rings. The molecule has 0 saturated heterocycles. The Morgan fingerprint density at radius 2 is 2.33 bits per heavy atom. The van der Waals surface area contributed by atoms with Crippen molar-refractivity contribution in [1.82, 2.24) is 19.9 Å². The van der Waals surface area contributed by atoms with Crippen LogP contribution in [0.15, 0.2) is 24.4 Å². The zero-order valence-corrected chi connectivity index (χ0v) is 10.2. The molecule has 0 aromatic carbocycles. The second-order valence-electron chi connectivity index (χ2n) is 4.05. The number of hydrogen-bond acceptors (Lipinski definition) is 4. The summed E-state index contributed by atoms with van der Waals surface area (Å²) in [6.07, 6.45) is 3.12. The van der Waals surface area contributed by atoms with Crippen LogP contribution in [0.4, 0.5) is 0 Å². The van der Waals surface area contributed by atoms with Crippen molar-refractivity contribution in [1.29, 1.82) is 0 Å². The number of carboxylic acid groups (broad SMARTS) is 1. The molecule has 0 spiro atoms. The first kappa shape index (κ1) is 12.5. The van der Waals surface area contributed by atoms with Crippen molar-refractivity contribution < 1.29 is 9.90 Å². The minimum Gasteiger partial charge on any atom is -0.480 e. The lowest BCUT2D eigenvalue weighted by atomic mass is 10.2. The largest absolute Gasteiger partial charge is 0.480 e. The van der Waals surface area contributed by atoms with E-state index in [9.17, 15) is 4.79 Å². The summed E-state index contributed by atoms with van der Waals surface area (Å²) >= 11 is 0. The summed E-state index contributed by atoms with van der Waals surface area (Å²) in [6, 6.07) is 5.21. The van der Waals surface area contributed by atoms with Crippen molar-refractivity contribution in [2.75, 3.05) is 6.54 Å². The third kappa shape index (κ3) is 2.65. The van der Waals surface area contributed by atoms with Crippen LogP contribution in [-0.4, -0.2) is 38.3 Å². The Labute approximate surface area is 105 Å². The maximum atomic E-state index is 10.8. The fourth-order valence-corrected chi connectivity index (χ4v) is 1.83. The van der Waals surface area contributed by atoms with Gasteiger partial charge in [-0.3, -0.25) is 9.20 Å². The Bertz CT molecular complexity index is 538.